The van der Waals surface area contributed by atoms with Crippen LogP contribution in [-0.2, 0) is 11.2 Å². The van der Waals surface area contributed by atoms with E-state index in [9.17, 15) is 4.79 Å². The van der Waals surface area contributed by atoms with E-state index in [4.69, 9.17) is 19.3 Å². The van der Waals surface area contributed by atoms with Gasteiger partial charge in [0.15, 0.2) is 11.5 Å². The molecule has 25 heavy (non-hydrogen) atoms. The molecule has 5 nitrogen and oxygen atoms in total. The summed E-state index contributed by atoms with van der Waals surface area (Å²) in [6.07, 6.45) is 0.904. The third-order valence-electron chi connectivity index (χ3n) is 4.08. The molecule has 2 rings (SSSR count). The largest absolute Gasteiger partial charge is 0.493 e. The fraction of sp³-hybridized carbons (Fsp3) is 0.350. The Labute approximate surface area is 148 Å². The predicted octanol–water partition coefficient (Wildman–Crippen LogP) is 4.03. The van der Waals surface area contributed by atoms with Gasteiger partial charge in [-0.25, -0.2) is 0 Å². The van der Waals surface area contributed by atoms with E-state index >= 15 is 0 Å². The summed E-state index contributed by atoms with van der Waals surface area (Å²) in [6.45, 7) is 1.94. The van der Waals surface area contributed by atoms with Crippen LogP contribution in [0.4, 0.5) is 0 Å². The SMILES string of the molecule is COc1ccc(-c2ccc(CC(C)CC(=O)O)cc2)c(OC)c1OC. The maximum absolute atomic E-state index is 10.8. The molecule has 0 radical (unpaired) electrons. The first kappa shape index (κ1) is 18.6. The summed E-state index contributed by atoms with van der Waals surface area (Å²) < 4.78 is 16.3. The first-order valence-electron chi connectivity index (χ1n) is 8.10. The number of carboxylic acids is 1. The van der Waals surface area contributed by atoms with Gasteiger partial charge in [0.05, 0.1) is 21.3 Å². The highest BCUT2D eigenvalue weighted by molar-refractivity contribution is 5.76. The van der Waals surface area contributed by atoms with Gasteiger partial charge in [-0.1, -0.05) is 31.2 Å². The molecule has 0 bridgehead atoms. The predicted molar refractivity (Wildman–Crippen MR) is 96.7 cm³/mol. The summed E-state index contributed by atoms with van der Waals surface area (Å²) >= 11 is 0. The van der Waals surface area contributed by atoms with E-state index in [0.29, 0.717) is 17.2 Å². The van der Waals surface area contributed by atoms with Crippen molar-refractivity contribution in [1.82, 2.24) is 0 Å². The van der Waals surface area contributed by atoms with Gasteiger partial charge in [-0.15, -0.1) is 0 Å². The lowest BCUT2D eigenvalue weighted by Gasteiger charge is -2.16. The third kappa shape index (κ3) is 4.44. The lowest BCUT2D eigenvalue weighted by atomic mass is 9.96. The highest BCUT2D eigenvalue weighted by Crippen LogP contribution is 2.44. The van der Waals surface area contributed by atoms with Gasteiger partial charge < -0.3 is 19.3 Å². The van der Waals surface area contributed by atoms with Crippen LogP contribution in [0.3, 0.4) is 0 Å². The number of hydrogen-bond acceptors (Lipinski definition) is 4. The second-order valence-corrected chi connectivity index (χ2v) is 5.99. The molecule has 0 aliphatic heterocycles. The molecule has 0 aliphatic carbocycles. The number of carbonyl (C=O) groups is 1. The lowest BCUT2D eigenvalue weighted by Crippen LogP contribution is -2.06. The summed E-state index contributed by atoms with van der Waals surface area (Å²) in [5.41, 5.74) is 3.01. The molecule has 5 heteroatoms. The first-order valence-corrected chi connectivity index (χ1v) is 8.10. The number of carboxylic acid groups (broad SMARTS) is 1. The molecule has 134 valence electrons. The number of rotatable bonds is 8. The number of hydrogen-bond donors (Lipinski definition) is 1. The van der Waals surface area contributed by atoms with Gasteiger partial charge >= 0.3 is 5.97 Å². The van der Waals surface area contributed by atoms with Crippen molar-refractivity contribution in [2.45, 2.75) is 19.8 Å². The summed E-state index contributed by atoms with van der Waals surface area (Å²) in [5, 5.41) is 8.87. The minimum Gasteiger partial charge on any atom is -0.493 e. The summed E-state index contributed by atoms with van der Waals surface area (Å²) in [7, 11) is 4.77. The smallest absolute Gasteiger partial charge is 0.303 e. The Kier molecular flexibility index (Phi) is 6.28. The van der Waals surface area contributed by atoms with Crippen molar-refractivity contribution in [1.29, 1.82) is 0 Å². The van der Waals surface area contributed by atoms with E-state index in [-0.39, 0.29) is 12.3 Å². The zero-order valence-electron chi connectivity index (χ0n) is 15.0. The van der Waals surface area contributed by atoms with Gasteiger partial charge in [0.2, 0.25) is 5.75 Å². The summed E-state index contributed by atoms with van der Waals surface area (Å²) in [6, 6.07) is 11.8. The molecule has 0 aromatic heterocycles. The van der Waals surface area contributed by atoms with Crippen molar-refractivity contribution >= 4 is 5.97 Å². The fourth-order valence-corrected chi connectivity index (χ4v) is 2.92. The minimum absolute atomic E-state index is 0.0963. The van der Waals surface area contributed by atoms with Crippen molar-refractivity contribution in [3.05, 3.63) is 42.0 Å². The van der Waals surface area contributed by atoms with Crippen LogP contribution in [0.15, 0.2) is 36.4 Å². The number of ether oxygens (including phenoxy) is 3. The molecule has 1 atom stereocenters. The molecule has 0 heterocycles. The van der Waals surface area contributed by atoms with Crippen molar-refractivity contribution in [2.75, 3.05) is 21.3 Å². The van der Waals surface area contributed by atoms with Gasteiger partial charge in [-0.2, -0.15) is 0 Å². The average Bonchev–Trinajstić information content (AvgIpc) is 2.60. The van der Waals surface area contributed by atoms with Crippen LogP contribution in [0.25, 0.3) is 11.1 Å². The van der Waals surface area contributed by atoms with Crippen LogP contribution in [0.1, 0.15) is 18.9 Å². The first-order chi connectivity index (χ1) is 12.0. The molecule has 1 N–H and O–H groups in total. The minimum atomic E-state index is -0.765. The van der Waals surface area contributed by atoms with Gasteiger partial charge in [-0.05, 0) is 35.6 Å². The number of benzene rings is 2. The lowest BCUT2D eigenvalue weighted by molar-refractivity contribution is -0.137. The van der Waals surface area contributed by atoms with E-state index in [1.807, 2.05) is 43.3 Å². The maximum Gasteiger partial charge on any atom is 0.303 e. The Hall–Kier alpha value is -2.69. The Morgan fingerprint density at radius 1 is 0.960 bits per heavy atom. The molecule has 2 aromatic carbocycles. The Morgan fingerprint density at radius 3 is 2.12 bits per heavy atom. The molecule has 1 unspecified atom stereocenters. The zero-order chi connectivity index (χ0) is 18.4. The van der Waals surface area contributed by atoms with Crippen LogP contribution in [-0.4, -0.2) is 32.4 Å². The van der Waals surface area contributed by atoms with E-state index in [2.05, 4.69) is 0 Å². The molecular weight excluding hydrogens is 320 g/mol. The van der Waals surface area contributed by atoms with E-state index in [1.165, 1.54) is 0 Å². The third-order valence-corrected chi connectivity index (χ3v) is 4.08. The average molecular weight is 344 g/mol. The fourth-order valence-electron chi connectivity index (χ4n) is 2.92. The van der Waals surface area contributed by atoms with E-state index < -0.39 is 5.97 Å². The van der Waals surface area contributed by atoms with Gasteiger partial charge in [0, 0.05) is 12.0 Å². The van der Waals surface area contributed by atoms with Crippen molar-refractivity contribution in [3.8, 4) is 28.4 Å². The Balaban J connectivity index is 2.29. The van der Waals surface area contributed by atoms with Crippen LogP contribution < -0.4 is 14.2 Å². The van der Waals surface area contributed by atoms with Gasteiger partial charge in [0.25, 0.3) is 0 Å². The molecule has 0 saturated carbocycles. The van der Waals surface area contributed by atoms with Crippen LogP contribution in [0.5, 0.6) is 17.2 Å². The number of methoxy groups -OCH3 is 3. The normalized spacial score (nSPS) is 11.7. The van der Waals surface area contributed by atoms with Crippen LogP contribution in [0, 0.1) is 5.92 Å². The maximum atomic E-state index is 10.8. The monoisotopic (exact) mass is 344 g/mol. The van der Waals surface area contributed by atoms with Crippen molar-refractivity contribution in [2.24, 2.45) is 5.92 Å². The van der Waals surface area contributed by atoms with E-state index in [1.54, 1.807) is 21.3 Å². The van der Waals surface area contributed by atoms with Gasteiger partial charge in [-0.3, -0.25) is 4.79 Å². The Morgan fingerprint density at radius 2 is 1.60 bits per heavy atom. The molecule has 0 amide bonds. The summed E-state index contributed by atoms with van der Waals surface area (Å²) in [4.78, 5) is 10.8. The molecule has 0 fully saturated rings. The number of aliphatic carboxylic acids is 1. The summed E-state index contributed by atoms with van der Waals surface area (Å²) in [5.74, 6) is 1.12. The highest BCUT2D eigenvalue weighted by Gasteiger charge is 2.17. The molecule has 2 aromatic rings. The molecular formula is C20H24O5. The Bertz CT molecular complexity index is 722. The highest BCUT2D eigenvalue weighted by atomic mass is 16.5. The second-order valence-electron chi connectivity index (χ2n) is 5.99. The van der Waals surface area contributed by atoms with Crippen LogP contribution >= 0.6 is 0 Å². The topological polar surface area (TPSA) is 65.0 Å². The van der Waals surface area contributed by atoms with E-state index in [0.717, 1.165) is 23.1 Å². The molecule has 0 spiro atoms. The molecule has 0 aliphatic rings. The van der Waals surface area contributed by atoms with Crippen LogP contribution in [0.2, 0.25) is 0 Å². The standard InChI is InChI=1S/C20H24O5/c1-13(12-18(21)22)11-14-5-7-15(8-6-14)16-9-10-17(23-2)20(25-4)19(16)24-3/h5-10,13H,11-12H2,1-4H3,(H,21,22). The van der Waals surface area contributed by atoms with Gasteiger partial charge in [0.1, 0.15) is 0 Å². The van der Waals surface area contributed by atoms with Crippen molar-refractivity contribution in [3.63, 3.8) is 0 Å². The van der Waals surface area contributed by atoms with Crippen molar-refractivity contribution < 1.29 is 24.1 Å². The zero-order valence-corrected chi connectivity index (χ0v) is 15.0. The molecule has 0 saturated heterocycles. The second kappa shape index (κ2) is 8.42. The quantitative estimate of drug-likeness (QED) is 0.783.